The molecule has 2 atom stereocenters. The zero-order valence-electron chi connectivity index (χ0n) is 14.7. The van der Waals surface area contributed by atoms with Crippen molar-refractivity contribution in [2.45, 2.75) is 59.1 Å². The Bertz CT molecular complexity index is 519. The fourth-order valence-corrected chi connectivity index (χ4v) is 2.68. The van der Waals surface area contributed by atoms with Crippen molar-refractivity contribution in [3.05, 3.63) is 28.6 Å². The van der Waals surface area contributed by atoms with Crippen LogP contribution in [-0.4, -0.2) is 23.2 Å². The van der Waals surface area contributed by atoms with Crippen molar-refractivity contribution in [1.29, 1.82) is 5.26 Å². The number of rotatable bonds is 4. The molecule has 0 spiro atoms. The molecule has 0 saturated carbocycles. The molecule has 126 valence electrons. The van der Waals surface area contributed by atoms with E-state index in [1.54, 1.807) is 6.07 Å². The first-order chi connectivity index (χ1) is 11.1. The quantitative estimate of drug-likeness (QED) is 0.499. The smallest absolute Gasteiger partial charge is 0.310 e. The molecule has 0 radical (unpaired) electrons. The highest BCUT2D eigenvalue weighted by molar-refractivity contribution is 6.70. The first kappa shape index (κ1) is 20.9. The molecule has 1 aliphatic heterocycles. The van der Waals surface area contributed by atoms with E-state index < -0.39 is 4.92 Å². The van der Waals surface area contributed by atoms with Gasteiger partial charge in [-0.3, -0.25) is 15.1 Å². The number of nitrogens with zero attached hydrogens (tertiary/aromatic N) is 3. The Hall–Kier alpha value is -2.10. The van der Waals surface area contributed by atoms with Gasteiger partial charge in [-0.05, 0) is 11.9 Å². The summed E-state index contributed by atoms with van der Waals surface area (Å²) in [5.74, 6) is 3.02. The molecule has 23 heavy (non-hydrogen) atoms. The van der Waals surface area contributed by atoms with Crippen molar-refractivity contribution in [2.24, 2.45) is 0 Å². The van der Waals surface area contributed by atoms with Crippen LogP contribution >= 0.6 is 0 Å². The molecule has 1 aliphatic rings. The summed E-state index contributed by atoms with van der Waals surface area (Å²) in [5, 5.41) is 23.1. The Morgan fingerprint density at radius 2 is 2.09 bits per heavy atom. The Kier molecular flexibility index (Phi) is 10.4. The van der Waals surface area contributed by atoms with E-state index in [1.165, 1.54) is 12.4 Å². The summed E-state index contributed by atoms with van der Waals surface area (Å²) in [5.41, 5.74) is 0.443. The van der Waals surface area contributed by atoms with Gasteiger partial charge in [0.05, 0.1) is 4.92 Å². The molecule has 0 amide bonds. The van der Waals surface area contributed by atoms with E-state index in [0.29, 0.717) is 18.0 Å². The van der Waals surface area contributed by atoms with E-state index in [4.69, 9.17) is 5.26 Å². The zero-order chi connectivity index (χ0) is 17.8. The number of pyridine rings is 1. The Balaban J connectivity index is 0.00000112. The molecule has 2 heterocycles. The zero-order valence-corrected chi connectivity index (χ0v) is 14.7. The average molecular weight is 318 g/mol. The summed E-state index contributed by atoms with van der Waals surface area (Å²) < 4.78 is 0. The van der Waals surface area contributed by atoms with E-state index in [2.05, 4.69) is 23.2 Å². The van der Waals surface area contributed by atoms with Gasteiger partial charge in [0.1, 0.15) is 11.9 Å². The summed E-state index contributed by atoms with van der Waals surface area (Å²) in [6, 6.07) is 1.60. The third-order valence-corrected chi connectivity index (χ3v) is 3.81. The van der Waals surface area contributed by atoms with Crippen LogP contribution in [0.4, 0.5) is 11.4 Å². The Morgan fingerprint density at radius 3 is 2.65 bits per heavy atom. The summed E-state index contributed by atoms with van der Waals surface area (Å²) >= 11 is 0. The number of nitro groups is 1. The number of aromatic nitrogens is 1. The molecule has 1 aromatic heterocycles. The minimum Gasteiger partial charge on any atom is -0.380 e. The fourth-order valence-electron chi connectivity index (χ4n) is 2.68. The van der Waals surface area contributed by atoms with Crippen molar-refractivity contribution in [3.63, 3.8) is 0 Å². The van der Waals surface area contributed by atoms with Crippen LogP contribution in [0.3, 0.4) is 0 Å². The standard InChI is InChI=1S/C12H15BN4O2.2C2H6/c1-9-2-3-10(13(9)8-14)6-16-11-4-5-15-7-12(11)17(18)19;2*1-2/h4-5,7,9-10H,2-3,6H2,1H3,(H,15,16);2*1-2H3. The molecule has 7 heteroatoms. The number of hydrogen-bond acceptors (Lipinski definition) is 5. The molecule has 1 N–H and O–H groups in total. The predicted molar refractivity (Wildman–Crippen MR) is 95.9 cm³/mol. The molecule has 0 bridgehead atoms. The van der Waals surface area contributed by atoms with Crippen molar-refractivity contribution in [3.8, 4) is 5.97 Å². The van der Waals surface area contributed by atoms with Gasteiger partial charge < -0.3 is 5.32 Å². The van der Waals surface area contributed by atoms with Crippen molar-refractivity contribution in [1.82, 2.24) is 4.98 Å². The molecular weight excluding hydrogens is 291 g/mol. The number of anilines is 1. The normalized spacial score (nSPS) is 18.7. The topological polar surface area (TPSA) is 91.8 Å². The van der Waals surface area contributed by atoms with E-state index in [9.17, 15) is 10.1 Å². The molecule has 2 unspecified atom stereocenters. The summed E-state index contributed by atoms with van der Waals surface area (Å²) in [4.78, 5) is 14.2. The average Bonchev–Trinajstić information content (AvgIpc) is 2.96. The predicted octanol–water partition coefficient (Wildman–Crippen LogP) is 4.57. The Labute approximate surface area is 139 Å². The molecule has 1 aromatic rings. The van der Waals surface area contributed by atoms with Gasteiger partial charge in [0.25, 0.3) is 6.71 Å². The minimum atomic E-state index is -0.450. The van der Waals surface area contributed by atoms with Gasteiger partial charge >= 0.3 is 5.69 Å². The van der Waals surface area contributed by atoms with Gasteiger partial charge in [-0.1, -0.05) is 53.3 Å². The summed E-state index contributed by atoms with van der Waals surface area (Å²) in [7, 11) is 0. The lowest BCUT2D eigenvalue weighted by atomic mass is 9.39. The van der Waals surface area contributed by atoms with Crippen LogP contribution in [-0.2, 0) is 0 Å². The first-order valence-corrected chi connectivity index (χ1v) is 8.35. The number of nitrogens with one attached hydrogen (secondary N) is 1. The van der Waals surface area contributed by atoms with E-state index >= 15 is 0 Å². The van der Waals surface area contributed by atoms with Gasteiger partial charge in [-0.15, -0.1) is 0 Å². The molecule has 6 nitrogen and oxygen atoms in total. The van der Waals surface area contributed by atoms with Crippen molar-refractivity contribution >= 4 is 18.1 Å². The summed E-state index contributed by atoms with van der Waals surface area (Å²) in [6.07, 6.45) is 4.80. The Morgan fingerprint density at radius 1 is 1.43 bits per heavy atom. The van der Waals surface area contributed by atoms with Crippen LogP contribution in [0.1, 0.15) is 47.5 Å². The van der Waals surface area contributed by atoms with Crippen LogP contribution < -0.4 is 5.32 Å². The van der Waals surface area contributed by atoms with Crippen LogP contribution in [0.2, 0.25) is 11.6 Å². The molecule has 2 rings (SSSR count). The lowest BCUT2D eigenvalue weighted by Gasteiger charge is -2.14. The highest BCUT2D eigenvalue weighted by Gasteiger charge is 2.37. The van der Waals surface area contributed by atoms with Gasteiger partial charge in [-0.2, -0.15) is 0 Å². The molecular formula is C16H27BN4O2. The molecule has 1 fully saturated rings. The van der Waals surface area contributed by atoms with E-state index in [1.807, 2.05) is 27.7 Å². The highest BCUT2D eigenvalue weighted by Crippen LogP contribution is 2.38. The fraction of sp³-hybridized carbons (Fsp3) is 0.625. The summed E-state index contributed by atoms with van der Waals surface area (Å²) in [6.45, 7) is 10.7. The van der Waals surface area contributed by atoms with Crippen molar-refractivity contribution < 1.29 is 4.92 Å². The molecule has 1 saturated heterocycles. The maximum atomic E-state index is 10.9. The number of hydrogen-bond donors (Lipinski definition) is 1. The SMILES string of the molecule is CC.CC.CC1CCC(CNc2ccncc2[N+](=O)[O-])B1C#N. The molecule has 0 aromatic carbocycles. The number of nitriles is 1. The second-order valence-electron chi connectivity index (χ2n) is 5.00. The second-order valence-corrected chi connectivity index (χ2v) is 5.00. The van der Waals surface area contributed by atoms with E-state index in [-0.39, 0.29) is 18.2 Å². The lowest BCUT2D eigenvalue weighted by molar-refractivity contribution is -0.384. The van der Waals surface area contributed by atoms with Crippen LogP contribution in [0.25, 0.3) is 0 Å². The third kappa shape index (κ3) is 5.89. The van der Waals surface area contributed by atoms with Crippen LogP contribution in [0, 0.1) is 21.3 Å². The minimum absolute atomic E-state index is 0.0259. The van der Waals surface area contributed by atoms with Gasteiger partial charge in [0.15, 0.2) is 0 Å². The second kappa shape index (κ2) is 11.5. The molecule has 0 aliphatic carbocycles. The van der Waals surface area contributed by atoms with Gasteiger partial charge in [0, 0.05) is 18.7 Å². The van der Waals surface area contributed by atoms with E-state index in [0.717, 1.165) is 12.8 Å². The maximum absolute atomic E-state index is 10.9. The third-order valence-electron chi connectivity index (χ3n) is 3.81. The monoisotopic (exact) mass is 318 g/mol. The van der Waals surface area contributed by atoms with Gasteiger partial charge in [0.2, 0.25) is 0 Å². The lowest BCUT2D eigenvalue weighted by Crippen LogP contribution is -2.23. The maximum Gasteiger partial charge on any atom is 0.310 e. The van der Waals surface area contributed by atoms with Crippen molar-refractivity contribution in [2.75, 3.05) is 11.9 Å². The van der Waals surface area contributed by atoms with Gasteiger partial charge in [-0.25, -0.2) is 5.26 Å². The largest absolute Gasteiger partial charge is 0.380 e. The first-order valence-electron chi connectivity index (χ1n) is 8.35. The van der Waals surface area contributed by atoms with Crippen LogP contribution in [0.5, 0.6) is 0 Å². The highest BCUT2D eigenvalue weighted by atomic mass is 16.6. The van der Waals surface area contributed by atoms with Crippen LogP contribution in [0.15, 0.2) is 18.5 Å².